The van der Waals surface area contributed by atoms with Gasteiger partial charge < -0.3 is 14.8 Å². The molecule has 0 unspecified atom stereocenters. The quantitative estimate of drug-likeness (QED) is 0.366. The summed E-state index contributed by atoms with van der Waals surface area (Å²) >= 11 is 0. The predicted octanol–water partition coefficient (Wildman–Crippen LogP) is 4.75. The Morgan fingerprint density at radius 2 is 1.69 bits per heavy atom. The summed E-state index contributed by atoms with van der Waals surface area (Å²) < 4.78 is 2.01. The lowest BCUT2D eigenvalue weighted by molar-refractivity contribution is 0.0696. The Kier molecular flexibility index (Phi) is 6.90. The SMILES string of the molecule is Cc1ccc(Cn2c(C3CC3)nc(C#CC(C)(C)O)c2C(=O)CCc2ccc(C(=O)O)cc2)cc1. The average Bonchev–Trinajstić information content (AvgIpc) is 3.59. The normalized spacial score (nSPS) is 13.3. The van der Waals surface area contributed by atoms with E-state index in [2.05, 4.69) is 36.1 Å². The van der Waals surface area contributed by atoms with Gasteiger partial charge in [0.25, 0.3) is 0 Å². The number of carboxylic acid groups (broad SMARTS) is 1. The van der Waals surface area contributed by atoms with Crippen molar-refractivity contribution < 1.29 is 19.8 Å². The van der Waals surface area contributed by atoms with Crippen molar-refractivity contribution in [1.82, 2.24) is 9.55 Å². The Labute approximate surface area is 205 Å². The molecule has 1 aliphatic carbocycles. The van der Waals surface area contributed by atoms with Crippen molar-refractivity contribution >= 4 is 11.8 Å². The molecular weight excluding hydrogens is 440 g/mol. The van der Waals surface area contributed by atoms with E-state index in [9.17, 15) is 14.7 Å². The number of imidazole rings is 1. The lowest BCUT2D eigenvalue weighted by atomic mass is 10.0. The summed E-state index contributed by atoms with van der Waals surface area (Å²) in [6.07, 6.45) is 2.79. The van der Waals surface area contributed by atoms with Crippen molar-refractivity contribution in [2.45, 2.75) is 64.5 Å². The first kappa shape index (κ1) is 24.4. The molecule has 0 aliphatic heterocycles. The monoisotopic (exact) mass is 470 g/mol. The molecule has 180 valence electrons. The number of carbonyl (C=O) groups excluding carboxylic acids is 1. The number of aromatic nitrogens is 2. The third-order valence-corrected chi connectivity index (χ3v) is 5.99. The highest BCUT2D eigenvalue weighted by Crippen LogP contribution is 2.40. The zero-order chi connectivity index (χ0) is 25.2. The minimum absolute atomic E-state index is 0.0705. The molecule has 4 rings (SSSR count). The number of aromatic carboxylic acids is 1. The number of aryl methyl sites for hydroxylation is 2. The zero-order valence-corrected chi connectivity index (χ0v) is 20.3. The van der Waals surface area contributed by atoms with E-state index in [1.807, 2.05) is 11.5 Å². The van der Waals surface area contributed by atoms with Crippen LogP contribution >= 0.6 is 0 Å². The van der Waals surface area contributed by atoms with Crippen molar-refractivity contribution in [3.05, 3.63) is 88.0 Å². The number of carbonyl (C=O) groups is 2. The molecule has 35 heavy (non-hydrogen) atoms. The summed E-state index contributed by atoms with van der Waals surface area (Å²) in [5, 5.41) is 19.3. The van der Waals surface area contributed by atoms with E-state index in [4.69, 9.17) is 10.1 Å². The maximum atomic E-state index is 13.6. The Bertz CT molecular complexity index is 1300. The third-order valence-electron chi connectivity index (χ3n) is 5.99. The summed E-state index contributed by atoms with van der Waals surface area (Å²) in [6.45, 7) is 5.78. The van der Waals surface area contributed by atoms with Crippen LogP contribution in [0.25, 0.3) is 0 Å². The molecule has 0 atom stereocenters. The molecule has 2 N–H and O–H groups in total. The molecule has 0 bridgehead atoms. The molecule has 1 saturated carbocycles. The lowest BCUT2D eigenvalue weighted by Crippen LogP contribution is -2.16. The van der Waals surface area contributed by atoms with Gasteiger partial charge in [0.1, 0.15) is 22.8 Å². The Hall–Kier alpha value is -3.69. The summed E-state index contributed by atoms with van der Waals surface area (Å²) in [4.78, 5) is 29.5. The minimum atomic E-state index is -1.20. The van der Waals surface area contributed by atoms with Crippen molar-refractivity contribution in [2.24, 2.45) is 0 Å². The van der Waals surface area contributed by atoms with Crippen LogP contribution in [0.5, 0.6) is 0 Å². The lowest BCUT2D eigenvalue weighted by Gasteiger charge is -2.12. The van der Waals surface area contributed by atoms with E-state index >= 15 is 0 Å². The number of aliphatic hydroxyl groups is 1. The van der Waals surface area contributed by atoms with Crippen LogP contribution in [0.1, 0.15) is 88.1 Å². The maximum Gasteiger partial charge on any atom is 0.335 e. The van der Waals surface area contributed by atoms with Gasteiger partial charge in [0.2, 0.25) is 0 Å². The second kappa shape index (κ2) is 9.89. The molecule has 3 aromatic rings. The van der Waals surface area contributed by atoms with Gasteiger partial charge in [-0.05, 0) is 69.2 Å². The smallest absolute Gasteiger partial charge is 0.335 e. The van der Waals surface area contributed by atoms with Crippen LogP contribution < -0.4 is 0 Å². The molecule has 1 aromatic heterocycles. The van der Waals surface area contributed by atoms with Gasteiger partial charge in [0, 0.05) is 18.9 Å². The van der Waals surface area contributed by atoms with Crippen molar-refractivity contribution in [1.29, 1.82) is 0 Å². The number of rotatable bonds is 8. The number of ketones is 1. The van der Waals surface area contributed by atoms with Crippen LogP contribution in [-0.4, -0.2) is 37.1 Å². The number of hydrogen-bond acceptors (Lipinski definition) is 4. The molecule has 0 saturated heterocycles. The van der Waals surface area contributed by atoms with Gasteiger partial charge in [-0.2, -0.15) is 0 Å². The average molecular weight is 471 g/mol. The molecule has 6 heteroatoms. The molecular formula is C29H30N2O4. The van der Waals surface area contributed by atoms with Gasteiger partial charge >= 0.3 is 5.97 Å². The standard InChI is InChI=1S/C29H30N2O4/c1-19-4-6-21(7-5-19)18-31-26(24(16-17-29(2,3)35)30-27(31)22-13-14-22)25(32)15-10-20-8-11-23(12-9-20)28(33)34/h4-9,11-12,22,35H,10,13-15,18H2,1-3H3,(H,33,34). The highest BCUT2D eigenvalue weighted by atomic mass is 16.4. The molecule has 0 radical (unpaired) electrons. The largest absolute Gasteiger partial charge is 0.478 e. The highest BCUT2D eigenvalue weighted by molar-refractivity contribution is 5.97. The molecule has 1 heterocycles. The second-order valence-corrected chi connectivity index (χ2v) is 9.75. The van der Waals surface area contributed by atoms with Crippen molar-refractivity contribution in [3.8, 4) is 11.8 Å². The Balaban J connectivity index is 1.68. The van der Waals surface area contributed by atoms with Gasteiger partial charge in [0.15, 0.2) is 5.78 Å². The van der Waals surface area contributed by atoms with Crippen LogP contribution in [0, 0.1) is 18.8 Å². The summed E-state index contributed by atoms with van der Waals surface area (Å²) in [5.41, 5.74) is 3.04. The fourth-order valence-corrected chi connectivity index (χ4v) is 3.93. The maximum absolute atomic E-state index is 13.6. The summed E-state index contributed by atoms with van der Waals surface area (Å²) in [6, 6.07) is 14.8. The second-order valence-electron chi connectivity index (χ2n) is 9.75. The first-order valence-electron chi connectivity index (χ1n) is 11.9. The van der Waals surface area contributed by atoms with Crippen molar-refractivity contribution in [3.63, 3.8) is 0 Å². The van der Waals surface area contributed by atoms with Gasteiger partial charge in [-0.1, -0.05) is 47.9 Å². The number of nitrogens with zero attached hydrogens (tertiary/aromatic N) is 2. The molecule has 1 aliphatic rings. The molecule has 2 aromatic carbocycles. The van der Waals surface area contributed by atoms with Crippen molar-refractivity contribution in [2.75, 3.05) is 0 Å². The number of carboxylic acids is 1. The van der Waals surface area contributed by atoms with Gasteiger partial charge in [-0.3, -0.25) is 4.79 Å². The van der Waals surface area contributed by atoms with Crippen LogP contribution in [0.3, 0.4) is 0 Å². The van der Waals surface area contributed by atoms with Gasteiger partial charge in [-0.15, -0.1) is 0 Å². The first-order chi connectivity index (χ1) is 16.6. The van der Waals surface area contributed by atoms with E-state index in [0.717, 1.165) is 29.8 Å². The predicted molar refractivity (Wildman–Crippen MR) is 134 cm³/mol. The van der Waals surface area contributed by atoms with Crippen LogP contribution in [0.4, 0.5) is 0 Å². The van der Waals surface area contributed by atoms with Gasteiger partial charge in [0.05, 0.1) is 5.56 Å². The molecule has 0 amide bonds. The number of Topliss-reactive ketones (excluding diaryl/α,β-unsaturated/α-hetero) is 1. The van der Waals surface area contributed by atoms with Gasteiger partial charge in [-0.25, -0.2) is 9.78 Å². The Morgan fingerprint density at radius 3 is 2.26 bits per heavy atom. The highest BCUT2D eigenvalue weighted by Gasteiger charge is 2.33. The van der Waals surface area contributed by atoms with Crippen LogP contribution in [-0.2, 0) is 13.0 Å². The van der Waals surface area contributed by atoms with Crippen LogP contribution in [0.15, 0.2) is 48.5 Å². The van der Waals surface area contributed by atoms with E-state index in [1.165, 1.54) is 5.56 Å². The first-order valence-corrected chi connectivity index (χ1v) is 11.9. The topological polar surface area (TPSA) is 92.4 Å². The van der Waals surface area contributed by atoms with E-state index in [1.54, 1.807) is 38.1 Å². The fraction of sp³-hybridized carbons (Fsp3) is 0.345. The van der Waals surface area contributed by atoms with E-state index in [0.29, 0.717) is 30.3 Å². The summed E-state index contributed by atoms with van der Waals surface area (Å²) in [5.74, 6) is 5.93. The minimum Gasteiger partial charge on any atom is -0.478 e. The van der Waals surface area contributed by atoms with E-state index < -0.39 is 11.6 Å². The number of hydrogen-bond donors (Lipinski definition) is 2. The molecule has 6 nitrogen and oxygen atoms in total. The summed E-state index contributed by atoms with van der Waals surface area (Å²) in [7, 11) is 0. The van der Waals surface area contributed by atoms with Crippen LogP contribution in [0.2, 0.25) is 0 Å². The Morgan fingerprint density at radius 1 is 1.06 bits per heavy atom. The number of benzene rings is 2. The zero-order valence-electron chi connectivity index (χ0n) is 20.3. The van der Waals surface area contributed by atoms with E-state index in [-0.39, 0.29) is 17.8 Å². The fourth-order valence-electron chi connectivity index (χ4n) is 3.93. The molecule has 0 spiro atoms. The third kappa shape index (κ3) is 6.26. The molecule has 1 fully saturated rings.